The van der Waals surface area contributed by atoms with E-state index in [2.05, 4.69) is 224 Å². The van der Waals surface area contributed by atoms with Crippen molar-refractivity contribution in [2.45, 2.75) is 0 Å². The fourth-order valence-electron chi connectivity index (χ4n) is 9.35. The van der Waals surface area contributed by atoms with E-state index >= 15 is 0 Å². The third-order valence-corrected chi connectivity index (χ3v) is 14.9. The highest BCUT2D eigenvalue weighted by molar-refractivity contribution is 7.26. The molecule has 13 rings (SSSR count). The second-order valence-electron chi connectivity index (χ2n) is 17.0. The van der Waals surface area contributed by atoms with Crippen LogP contribution in [0.3, 0.4) is 0 Å². The minimum atomic E-state index is 0.720. The molecular weight excluding hydrogens is 865 g/mol. The summed E-state index contributed by atoms with van der Waals surface area (Å²) in [5.41, 5.74) is 15.2. The average molecular weight is 903 g/mol. The summed E-state index contributed by atoms with van der Waals surface area (Å²) >= 11 is 3.44. The second-order valence-corrected chi connectivity index (χ2v) is 19.0. The summed E-state index contributed by atoms with van der Waals surface area (Å²) in [6, 6.07) is 81.6. The van der Waals surface area contributed by atoms with Gasteiger partial charge in [0.2, 0.25) is 0 Å². The number of hydrogen-bond acceptors (Lipinski definition) is 6. The SMILES string of the molecule is c1ccc(-c2cccc(-c3nc(-c4ccc(-c5ccc(-c6ccc(-c7nc(-c8cccc(-c9ccccc9)c8)c8c(n7)sc7ccccc78)cc6)cc5)cc4)c4c(n3)sc3ccccc34)c2)cc1. The molecule has 4 nitrogen and oxygen atoms in total. The molecule has 0 saturated carbocycles. The van der Waals surface area contributed by atoms with E-state index in [1.165, 1.54) is 31.3 Å². The molecule has 0 fully saturated rings. The van der Waals surface area contributed by atoms with Crippen LogP contribution in [0.4, 0.5) is 0 Å². The van der Waals surface area contributed by atoms with E-state index in [1.807, 2.05) is 6.07 Å². The highest BCUT2D eigenvalue weighted by Gasteiger charge is 2.19. The van der Waals surface area contributed by atoms with E-state index in [4.69, 9.17) is 19.9 Å². The zero-order valence-corrected chi connectivity index (χ0v) is 38.2. The van der Waals surface area contributed by atoms with Gasteiger partial charge in [-0.25, -0.2) is 19.9 Å². The van der Waals surface area contributed by atoms with E-state index in [0.29, 0.717) is 0 Å². The standard InChI is InChI=1S/C62H38N4S2/c1-3-13-39(14-4-1)47-17-11-19-49(37-47)58-56-52-22-8-10-24-54(52)68-62(56)65-59(64-58)46-35-31-44(32-36-46)42-27-25-41(26-28-42)43-29-33-45(34-30-43)57-55-51-21-7-9-23-53(51)67-61(55)66-60(63-57)50-20-12-18-48(38-50)40-15-5-2-6-16-40/h1-38H. The first kappa shape index (κ1) is 39.9. The molecule has 6 heteroatoms. The number of nitrogens with zero attached hydrogens (tertiary/aromatic N) is 4. The van der Waals surface area contributed by atoms with E-state index in [-0.39, 0.29) is 0 Å². The van der Waals surface area contributed by atoms with Crippen molar-refractivity contribution in [3.8, 4) is 89.8 Å². The smallest absolute Gasteiger partial charge is 0.161 e. The van der Waals surface area contributed by atoms with Crippen molar-refractivity contribution >= 4 is 63.3 Å². The Kier molecular flexibility index (Phi) is 9.85. The molecule has 0 amide bonds. The first-order valence-corrected chi connectivity index (χ1v) is 24.3. The van der Waals surface area contributed by atoms with Crippen molar-refractivity contribution in [3.05, 3.63) is 231 Å². The number of aromatic nitrogens is 4. The van der Waals surface area contributed by atoms with Gasteiger partial charge in [-0.2, -0.15) is 0 Å². The lowest BCUT2D eigenvalue weighted by Crippen LogP contribution is -1.94. The fourth-order valence-corrected chi connectivity index (χ4v) is 11.5. The third kappa shape index (κ3) is 7.24. The normalized spacial score (nSPS) is 11.5. The summed E-state index contributed by atoms with van der Waals surface area (Å²) in [6.07, 6.45) is 0. The summed E-state index contributed by atoms with van der Waals surface area (Å²) in [5, 5.41) is 4.56. The van der Waals surface area contributed by atoms with Crippen molar-refractivity contribution < 1.29 is 0 Å². The molecule has 0 radical (unpaired) electrons. The van der Waals surface area contributed by atoms with Gasteiger partial charge in [-0.1, -0.05) is 206 Å². The largest absolute Gasteiger partial charge is 0.227 e. The third-order valence-electron chi connectivity index (χ3n) is 12.8. The topological polar surface area (TPSA) is 51.6 Å². The first-order valence-electron chi connectivity index (χ1n) is 22.7. The predicted molar refractivity (Wildman–Crippen MR) is 287 cm³/mol. The summed E-state index contributed by atoms with van der Waals surface area (Å²) in [6.45, 7) is 0. The maximum absolute atomic E-state index is 5.32. The lowest BCUT2D eigenvalue weighted by atomic mass is 9.97. The molecule has 0 unspecified atom stereocenters. The molecule has 0 atom stereocenters. The Labute approximate surface area is 401 Å². The quantitative estimate of drug-likeness (QED) is 0.152. The number of rotatable bonds is 8. The number of thiophene rings is 2. The lowest BCUT2D eigenvalue weighted by molar-refractivity contribution is 1.24. The van der Waals surface area contributed by atoms with Crippen molar-refractivity contribution in [2.75, 3.05) is 0 Å². The minimum absolute atomic E-state index is 0.720. The molecule has 0 spiro atoms. The molecular formula is C62H38N4S2. The lowest BCUT2D eigenvalue weighted by Gasteiger charge is -2.11. The highest BCUT2D eigenvalue weighted by Crippen LogP contribution is 2.42. The molecule has 0 aliphatic heterocycles. The van der Waals surface area contributed by atoms with Crippen LogP contribution < -0.4 is 0 Å². The number of fused-ring (bicyclic) bond motifs is 6. The maximum atomic E-state index is 5.32. The van der Waals surface area contributed by atoms with Crippen LogP contribution in [0.2, 0.25) is 0 Å². The van der Waals surface area contributed by atoms with Crippen LogP contribution in [-0.2, 0) is 0 Å². The molecule has 4 heterocycles. The summed E-state index contributed by atoms with van der Waals surface area (Å²) in [7, 11) is 0. The number of benzene rings is 9. The fraction of sp³-hybridized carbons (Fsp3) is 0. The van der Waals surface area contributed by atoms with Crippen molar-refractivity contribution in [2.24, 2.45) is 0 Å². The summed E-state index contributed by atoms with van der Waals surface area (Å²) in [4.78, 5) is 23.0. The van der Waals surface area contributed by atoms with Gasteiger partial charge in [-0.15, -0.1) is 22.7 Å². The highest BCUT2D eigenvalue weighted by atomic mass is 32.1. The second kappa shape index (κ2) is 16.8. The Hall–Kier alpha value is -8.42. The van der Waals surface area contributed by atoms with Gasteiger partial charge in [0.1, 0.15) is 9.66 Å². The summed E-state index contributed by atoms with van der Waals surface area (Å²) < 4.78 is 2.41. The molecule has 0 saturated heterocycles. The molecule has 0 aliphatic rings. The van der Waals surface area contributed by atoms with Gasteiger partial charge in [0.05, 0.1) is 11.4 Å². The van der Waals surface area contributed by atoms with Gasteiger partial charge in [0.25, 0.3) is 0 Å². The first-order chi connectivity index (χ1) is 33.7. The van der Waals surface area contributed by atoms with Gasteiger partial charge >= 0.3 is 0 Å². The van der Waals surface area contributed by atoms with Gasteiger partial charge in [-0.05, 0) is 68.8 Å². The van der Waals surface area contributed by atoms with Crippen LogP contribution in [0, 0.1) is 0 Å². The van der Waals surface area contributed by atoms with Gasteiger partial charge in [-0.3, -0.25) is 0 Å². The zero-order valence-electron chi connectivity index (χ0n) is 36.5. The Balaban J connectivity index is 0.802. The zero-order chi connectivity index (χ0) is 45.0. The van der Waals surface area contributed by atoms with Crippen molar-refractivity contribution in [1.29, 1.82) is 0 Å². The van der Waals surface area contributed by atoms with Gasteiger partial charge in [0.15, 0.2) is 11.6 Å². The molecule has 0 aliphatic carbocycles. The molecule has 4 aromatic heterocycles. The minimum Gasteiger partial charge on any atom is -0.227 e. The van der Waals surface area contributed by atoms with E-state index in [9.17, 15) is 0 Å². The van der Waals surface area contributed by atoms with Gasteiger partial charge < -0.3 is 0 Å². The molecule has 0 N–H and O–H groups in total. The molecule has 9 aromatic carbocycles. The Morgan fingerprint density at radius 2 is 0.574 bits per heavy atom. The molecule has 0 bridgehead atoms. The maximum Gasteiger partial charge on any atom is 0.161 e. The van der Waals surface area contributed by atoms with E-state index < -0.39 is 0 Å². The van der Waals surface area contributed by atoms with Crippen LogP contribution in [0.1, 0.15) is 0 Å². The van der Waals surface area contributed by atoms with Crippen LogP contribution in [-0.4, -0.2) is 19.9 Å². The van der Waals surface area contributed by atoms with Crippen LogP contribution in [0.5, 0.6) is 0 Å². The van der Waals surface area contributed by atoms with Crippen LogP contribution in [0.15, 0.2) is 231 Å². The molecule has 318 valence electrons. The van der Waals surface area contributed by atoms with E-state index in [0.717, 1.165) is 99.1 Å². The Bertz CT molecular complexity index is 3990. The summed E-state index contributed by atoms with van der Waals surface area (Å²) in [5.74, 6) is 1.45. The monoisotopic (exact) mass is 902 g/mol. The molecule has 68 heavy (non-hydrogen) atoms. The Morgan fingerprint density at radius 3 is 1.07 bits per heavy atom. The van der Waals surface area contributed by atoms with Crippen LogP contribution in [0.25, 0.3) is 130 Å². The van der Waals surface area contributed by atoms with Crippen LogP contribution >= 0.6 is 22.7 Å². The van der Waals surface area contributed by atoms with E-state index in [1.54, 1.807) is 22.7 Å². The number of hydrogen-bond donors (Lipinski definition) is 0. The van der Waals surface area contributed by atoms with Crippen molar-refractivity contribution in [1.82, 2.24) is 19.9 Å². The predicted octanol–water partition coefficient (Wildman–Crippen LogP) is 17.3. The van der Waals surface area contributed by atoms with Crippen molar-refractivity contribution in [3.63, 3.8) is 0 Å². The average Bonchev–Trinajstić information content (AvgIpc) is 4.00. The van der Waals surface area contributed by atoms with Gasteiger partial charge in [0, 0.05) is 53.2 Å². The Morgan fingerprint density at radius 1 is 0.235 bits per heavy atom. The molecule has 13 aromatic rings.